The first-order chi connectivity index (χ1) is 6.56. The van der Waals surface area contributed by atoms with Crippen LogP contribution >= 0.6 is 0 Å². The second-order valence-corrected chi connectivity index (χ2v) is 3.98. The van der Waals surface area contributed by atoms with Gasteiger partial charge >= 0.3 is 10.1 Å². The van der Waals surface area contributed by atoms with E-state index in [0.29, 0.717) is 18.2 Å². The summed E-state index contributed by atoms with van der Waals surface area (Å²) in [6, 6.07) is 5.52. The maximum absolute atomic E-state index is 11.3. The Morgan fingerprint density at radius 1 is 1.29 bits per heavy atom. The van der Waals surface area contributed by atoms with E-state index in [1.54, 1.807) is 0 Å². The predicted molar refractivity (Wildman–Crippen MR) is 50.9 cm³/mol. The minimum Gasteiger partial charge on any atom is -0.512 e. The number of anilines is 1. The third kappa shape index (κ3) is 2.40. The van der Waals surface area contributed by atoms with Gasteiger partial charge in [0, 0.05) is 5.69 Å². The molecular weight excluding hydrogens is 206 g/mol. The van der Waals surface area contributed by atoms with Crippen LogP contribution in [0.5, 0.6) is 0 Å². The molecule has 0 unspecified atom stereocenters. The second kappa shape index (κ2) is 4.01. The molecule has 6 heteroatoms. The Bertz CT molecular complexity index is 421. The quantitative estimate of drug-likeness (QED) is 0.446. The SMILES string of the molecule is Nc1ccc(S(=O)(=O)O/C=C/O)cc1. The van der Waals surface area contributed by atoms with Gasteiger partial charge in [0.1, 0.15) is 17.4 Å². The largest absolute Gasteiger partial charge is 0.512 e. The van der Waals surface area contributed by atoms with Gasteiger partial charge in [-0.15, -0.1) is 0 Å². The lowest BCUT2D eigenvalue weighted by atomic mass is 10.3. The Balaban J connectivity index is 2.99. The lowest BCUT2D eigenvalue weighted by molar-refractivity contribution is 0.404. The number of hydrogen-bond acceptors (Lipinski definition) is 5. The van der Waals surface area contributed by atoms with Crippen molar-refractivity contribution in [2.75, 3.05) is 5.73 Å². The summed E-state index contributed by atoms with van der Waals surface area (Å²) >= 11 is 0. The predicted octanol–water partition coefficient (Wildman–Crippen LogP) is 1.00. The number of rotatable bonds is 3. The highest BCUT2D eigenvalue weighted by Gasteiger charge is 2.13. The number of nitrogen functional groups attached to an aromatic ring is 1. The van der Waals surface area contributed by atoms with Crippen LogP contribution in [-0.2, 0) is 14.3 Å². The first-order valence-electron chi connectivity index (χ1n) is 3.64. The molecule has 0 aromatic heterocycles. The molecule has 1 aromatic rings. The molecule has 0 spiro atoms. The second-order valence-electron chi connectivity index (χ2n) is 2.40. The van der Waals surface area contributed by atoms with Gasteiger partial charge < -0.3 is 15.0 Å². The van der Waals surface area contributed by atoms with Gasteiger partial charge in [0.25, 0.3) is 0 Å². The summed E-state index contributed by atoms with van der Waals surface area (Å²) in [4.78, 5) is -0.0233. The van der Waals surface area contributed by atoms with Crippen LogP contribution in [0.25, 0.3) is 0 Å². The van der Waals surface area contributed by atoms with Gasteiger partial charge in [-0.25, -0.2) is 0 Å². The zero-order chi connectivity index (χ0) is 10.6. The highest BCUT2D eigenvalue weighted by Crippen LogP contribution is 2.14. The Morgan fingerprint density at radius 3 is 2.36 bits per heavy atom. The molecule has 76 valence electrons. The summed E-state index contributed by atoms with van der Waals surface area (Å²) in [6.45, 7) is 0. The van der Waals surface area contributed by atoms with Gasteiger partial charge in [-0.05, 0) is 24.3 Å². The highest BCUT2D eigenvalue weighted by atomic mass is 32.2. The number of benzene rings is 1. The Kier molecular flexibility index (Phi) is 2.98. The van der Waals surface area contributed by atoms with E-state index in [9.17, 15) is 8.42 Å². The van der Waals surface area contributed by atoms with Crippen molar-refractivity contribution >= 4 is 15.8 Å². The van der Waals surface area contributed by atoms with E-state index in [2.05, 4.69) is 4.18 Å². The van der Waals surface area contributed by atoms with Crippen LogP contribution in [0.4, 0.5) is 5.69 Å². The minimum absolute atomic E-state index is 0.0233. The molecule has 0 amide bonds. The first kappa shape index (κ1) is 10.4. The van der Waals surface area contributed by atoms with Crippen LogP contribution in [0.2, 0.25) is 0 Å². The Morgan fingerprint density at radius 2 is 1.86 bits per heavy atom. The van der Waals surface area contributed by atoms with Gasteiger partial charge in [-0.3, -0.25) is 0 Å². The van der Waals surface area contributed by atoms with Crippen molar-refractivity contribution in [1.29, 1.82) is 0 Å². The van der Waals surface area contributed by atoms with Crippen molar-refractivity contribution in [3.8, 4) is 0 Å². The zero-order valence-corrected chi connectivity index (χ0v) is 7.94. The first-order valence-corrected chi connectivity index (χ1v) is 5.05. The number of aliphatic hydroxyl groups is 1. The summed E-state index contributed by atoms with van der Waals surface area (Å²) in [5.74, 6) is 0. The molecule has 1 aromatic carbocycles. The Hall–Kier alpha value is -1.69. The normalized spacial score (nSPS) is 11.7. The smallest absolute Gasteiger partial charge is 0.338 e. The van der Waals surface area contributed by atoms with Crippen molar-refractivity contribution in [3.05, 3.63) is 36.8 Å². The third-order valence-electron chi connectivity index (χ3n) is 1.41. The van der Waals surface area contributed by atoms with Gasteiger partial charge in [0.15, 0.2) is 0 Å². The molecule has 0 radical (unpaired) electrons. The summed E-state index contributed by atoms with van der Waals surface area (Å²) in [6.07, 6.45) is 1.17. The van der Waals surface area contributed by atoms with Gasteiger partial charge in [0.2, 0.25) is 0 Å². The van der Waals surface area contributed by atoms with E-state index in [0.717, 1.165) is 0 Å². The lowest BCUT2D eigenvalue weighted by Gasteiger charge is -2.02. The van der Waals surface area contributed by atoms with Crippen molar-refractivity contribution in [3.63, 3.8) is 0 Å². The topological polar surface area (TPSA) is 89.6 Å². The molecule has 0 aliphatic carbocycles. The van der Waals surface area contributed by atoms with Crippen molar-refractivity contribution in [2.24, 2.45) is 0 Å². The van der Waals surface area contributed by atoms with Crippen molar-refractivity contribution < 1.29 is 17.7 Å². The van der Waals surface area contributed by atoms with Crippen molar-refractivity contribution in [1.82, 2.24) is 0 Å². The Labute approximate surface area is 81.6 Å². The van der Waals surface area contributed by atoms with Gasteiger partial charge in [0.05, 0.1) is 0 Å². The third-order valence-corrected chi connectivity index (χ3v) is 2.63. The fraction of sp³-hybridized carbons (Fsp3) is 0. The molecule has 0 atom stereocenters. The van der Waals surface area contributed by atoms with E-state index in [-0.39, 0.29) is 4.90 Å². The lowest BCUT2D eigenvalue weighted by Crippen LogP contribution is -2.02. The summed E-state index contributed by atoms with van der Waals surface area (Å²) in [7, 11) is -3.84. The van der Waals surface area contributed by atoms with E-state index in [1.807, 2.05) is 0 Å². The number of nitrogens with two attached hydrogens (primary N) is 1. The molecule has 0 bridgehead atoms. The number of hydrogen-bond donors (Lipinski definition) is 2. The molecule has 0 fully saturated rings. The highest BCUT2D eigenvalue weighted by molar-refractivity contribution is 7.86. The summed E-state index contributed by atoms with van der Waals surface area (Å²) in [5.41, 5.74) is 5.84. The number of aliphatic hydroxyl groups excluding tert-OH is 1. The van der Waals surface area contributed by atoms with Crippen LogP contribution in [-0.4, -0.2) is 13.5 Å². The minimum atomic E-state index is -3.84. The van der Waals surface area contributed by atoms with Crippen LogP contribution in [0.1, 0.15) is 0 Å². The molecule has 1 rings (SSSR count). The fourth-order valence-corrected chi connectivity index (χ4v) is 1.56. The van der Waals surface area contributed by atoms with E-state index >= 15 is 0 Å². The average molecular weight is 215 g/mol. The standard InChI is InChI=1S/C8H9NO4S/c9-7-1-3-8(4-2-7)14(11,12)13-6-5-10/h1-6,10H,9H2/b6-5+. The van der Waals surface area contributed by atoms with Gasteiger partial charge in [-0.1, -0.05) is 0 Å². The van der Waals surface area contributed by atoms with Gasteiger partial charge in [-0.2, -0.15) is 8.42 Å². The molecule has 0 saturated heterocycles. The maximum atomic E-state index is 11.3. The summed E-state index contributed by atoms with van der Waals surface area (Å²) < 4.78 is 26.9. The van der Waals surface area contributed by atoms with Crippen LogP contribution < -0.4 is 5.73 Å². The molecule has 0 saturated carbocycles. The monoisotopic (exact) mass is 215 g/mol. The molecule has 14 heavy (non-hydrogen) atoms. The van der Waals surface area contributed by atoms with E-state index in [1.165, 1.54) is 24.3 Å². The molecule has 3 N–H and O–H groups in total. The average Bonchev–Trinajstić information content (AvgIpc) is 2.16. The van der Waals surface area contributed by atoms with E-state index < -0.39 is 10.1 Å². The summed E-state index contributed by atoms with van der Waals surface area (Å²) in [5, 5.41) is 8.23. The van der Waals surface area contributed by atoms with Crippen LogP contribution in [0.3, 0.4) is 0 Å². The molecule has 0 aliphatic rings. The molecular formula is C8H9NO4S. The molecule has 5 nitrogen and oxygen atoms in total. The van der Waals surface area contributed by atoms with Crippen molar-refractivity contribution in [2.45, 2.75) is 4.90 Å². The zero-order valence-electron chi connectivity index (χ0n) is 7.12. The fourth-order valence-electron chi connectivity index (χ4n) is 0.788. The maximum Gasteiger partial charge on any atom is 0.338 e. The van der Waals surface area contributed by atoms with Crippen LogP contribution in [0.15, 0.2) is 41.7 Å². The molecule has 0 heterocycles. The van der Waals surface area contributed by atoms with E-state index in [4.69, 9.17) is 10.8 Å². The van der Waals surface area contributed by atoms with Crippen LogP contribution in [0, 0.1) is 0 Å². The molecule has 0 aliphatic heterocycles.